The van der Waals surface area contributed by atoms with Crippen molar-refractivity contribution in [2.24, 2.45) is 5.73 Å². The van der Waals surface area contributed by atoms with E-state index in [1.165, 1.54) is 0 Å². The predicted molar refractivity (Wildman–Crippen MR) is 301 cm³/mol. The van der Waals surface area contributed by atoms with E-state index in [0.29, 0.717) is 31.1 Å². The van der Waals surface area contributed by atoms with E-state index in [0.717, 1.165) is 89.4 Å². The van der Waals surface area contributed by atoms with Crippen LogP contribution in [0.5, 0.6) is 23.0 Å². The lowest BCUT2D eigenvalue weighted by Gasteiger charge is -2.24. The van der Waals surface area contributed by atoms with Crippen LogP contribution in [0.15, 0.2) is 182 Å². The average molecular weight is 980 g/mol. The van der Waals surface area contributed by atoms with Gasteiger partial charge in [-0.2, -0.15) is 8.42 Å². The lowest BCUT2D eigenvalue weighted by atomic mass is 9.90. The summed E-state index contributed by atoms with van der Waals surface area (Å²) in [7, 11) is -4.67. The van der Waals surface area contributed by atoms with Crippen molar-refractivity contribution in [3.05, 3.63) is 260 Å². The highest BCUT2D eigenvalue weighted by Gasteiger charge is 2.35. The minimum Gasteiger partial charge on any atom is -0.492 e. The molecule has 73 heavy (non-hydrogen) atoms. The van der Waals surface area contributed by atoms with Gasteiger partial charge in [0.15, 0.2) is 0 Å². The maximum Gasteiger partial charge on any atom is 0.394 e. The molecule has 0 fully saturated rings. The maximum absolute atomic E-state index is 8.74. The third kappa shape index (κ3) is 12.9. The Bertz CT molecular complexity index is 3460. The van der Waals surface area contributed by atoms with Crippen LogP contribution in [0.1, 0.15) is 83.9 Å². The summed E-state index contributed by atoms with van der Waals surface area (Å²) in [6.07, 6.45) is 26.7. The molecule has 2 aliphatic rings. The molecule has 0 amide bonds. The van der Waals surface area contributed by atoms with Crippen LogP contribution in [0.2, 0.25) is 0 Å². The Balaban J connectivity index is 0.00000125. The Morgan fingerprint density at radius 3 is 1.07 bits per heavy atom. The van der Waals surface area contributed by atoms with Gasteiger partial charge in [0.25, 0.3) is 0 Å². The monoisotopic (exact) mass is 979 g/mol. The van der Waals surface area contributed by atoms with E-state index in [9.17, 15) is 0 Å². The number of hydrogen-bond donors (Lipinski definition) is 3. The molecule has 0 radical (unpaired) electrons. The molecule has 0 saturated heterocycles. The van der Waals surface area contributed by atoms with Crippen molar-refractivity contribution in [3.8, 4) is 23.0 Å². The molecule has 2 heterocycles. The van der Waals surface area contributed by atoms with E-state index in [1.807, 2.05) is 36.4 Å². The lowest BCUT2D eigenvalue weighted by Crippen LogP contribution is -2.12. The molecule has 0 spiro atoms. The van der Waals surface area contributed by atoms with Crippen molar-refractivity contribution in [1.29, 1.82) is 0 Å². The van der Waals surface area contributed by atoms with Gasteiger partial charge in [-0.3, -0.25) is 9.11 Å². The van der Waals surface area contributed by atoms with E-state index >= 15 is 0 Å². The van der Waals surface area contributed by atoms with Crippen molar-refractivity contribution in [3.63, 3.8) is 0 Å². The first-order valence-corrected chi connectivity index (χ1v) is 25.3. The molecule has 0 aliphatic carbocycles. The van der Waals surface area contributed by atoms with E-state index in [2.05, 4.69) is 219 Å². The van der Waals surface area contributed by atoms with Crippen LogP contribution in [-0.2, 0) is 16.8 Å². The van der Waals surface area contributed by atoms with Gasteiger partial charge in [0, 0.05) is 34.2 Å². The first-order valence-electron chi connectivity index (χ1n) is 23.9. The Hall–Kier alpha value is -8.57. The van der Waals surface area contributed by atoms with E-state index in [-0.39, 0.29) is 0 Å². The second-order valence-corrected chi connectivity index (χ2v) is 18.1. The van der Waals surface area contributed by atoms with Gasteiger partial charge in [-0.1, -0.05) is 243 Å². The van der Waals surface area contributed by atoms with Crippen LogP contribution in [-0.4, -0.2) is 30.7 Å². The molecule has 1 unspecified atom stereocenters. The SMILES string of the molecule is NC1COc2c(C=Cc3ccccc3)c(C=Cc3ccccc3)c(C=Cc3ccccc3)c(Oc3c(C=Cc4ccccc4)c(C=Cc4ccccc4)c(C=Cc4ccccc4)c4c3CCO4)c21.O=S(=O)(O)O. The van der Waals surface area contributed by atoms with Crippen molar-refractivity contribution in [1.82, 2.24) is 0 Å². The second-order valence-electron chi connectivity index (χ2n) is 17.2. The van der Waals surface area contributed by atoms with Crippen LogP contribution in [0.3, 0.4) is 0 Å². The molecule has 8 nitrogen and oxygen atoms in total. The molecule has 2 aliphatic heterocycles. The van der Waals surface area contributed by atoms with Crippen molar-refractivity contribution in [2.75, 3.05) is 13.2 Å². The topological polar surface area (TPSA) is 128 Å². The fourth-order valence-corrected chi connectivity index (χ4v) is 8.81. The molecule has 8 aromatic carbocycles. The zero-order chi connectivity index (χ0) is 50.4. The van der Waals surface area contributed by atoms with Crippen molar-refractivity contribution >= 4 is 83.3 Å². The smallest absolute Gasteiger partial charge is 0.394 e. The summed E-state index contributed by atoms with van der Waals surface area (Å²) in [5.41, 5.74) is 21.1. The van der Waals surface area contributed by atoms with Crippen LogP contribution in [0.25, 0.3) is 72.9 Å². The summed E-state index contributed by atoms with van der Waals surface area (Å²) in [5, 5.41) is 0. The molecule has 1 atom stereocenters. The molecule has 0 saturated carbocycles. The summed E-state index contributed by atoms with van der Waals surface area (Å²) in [6, 6.07) is 61.8. The van der Waals surface area contributed by atoms with Gasteiger partial charge >= 0.3 is 10.4 Å². The summed E-state index contributed by atoms with van der Waals surface area (Å²) < 4.78 is 52.7. The summed E-state index contributed by atoms with van der Waals surface area (Å²) in [4.78, 5) is 0. The molecule has 0 bridgehead atoms. The molecule has 4 N–H and O–H groups in total. The molecule has 0 aromatic heterocycles. The minimum atomic E-state index is -4.67. The molecule has 10 rings (SSSR count). The van der Waals surface area contributed by atoms with Crippen molar-refractivity contribution in [2.45, 2.75) is 12.5 Å². The standard InChI is InChI=1S/C64H51NO3.H2O4S/c65-59-45-67-63-56(41-35-50-27-15-5-16-28-50)53(38-32-47-21-9-2-10-22-47)57(42-36-51-29-17-6-18-30-51)64(60(59)63)68-62-55(40-34-49-25-13-4-14-26-49)52(37-31-46-19-7-1-8-20-46)54(61-58(62)43-44-66-61)39-33-48-23-11-3-12-24-48;1-5(2,3)4/h1-42,59H,43-45,65H2;(H2,1,2,3,4). The number of hydrogen-bond acceptors (Lipinski definition) is 6. The first-order chi connectivity index (χ1) is 35.7. The van der Waals surface area contributed by atoms with Gasteiger partial charge in [-0.05, 0) is 56.7 Å². The van der Waals surface area contributed by atoms with Gasteiger partial charge in [0.2, 0.25) is 0 Å². The highest BCUT2D eigenvalue weighted by atomic mass is 32.3. The number of nitrogens with two attached hydrogens (primary N) is 1. The zero-order valence-electron chi connectivity index (χ0n) is 39.9. The summed E-state index contributed by atoms with van der Waals surface area (Å²) in [5.74, 6) is 2.89. The Morgan fingerprint density at radius 2 is 0.712 bits per heavy atom. The third-order valence-electron chi connectivity index (χ3n) is 12.2. The molecule has 362 valence electrons. The van der Waals surface area contributed by atoms with E-state index < -0.39 is 16.4 Å². The quantitative estimate of drug-likeness (QED) is 0.0726. The number of benzene rings is 8. The van der Waals surface area contributed by atoms with Gasteiger partial charge in [0.05, 0.1) is 18.2 Å². The average Bonchev–Trinajstić information content (AvgIpc) is 4.07. The lowest BCUT2D eigenvalue weighted by molar-refractivity contribution is 0.332. The molecule has 8 aromatic rings. The summed E-state index contributed by atoms with van der Waals surface area (Å²) in [6.45, 7) is 0.823. The maximum atomic E-state index is 8.74. The van der Waals surface area contributed by atoms with Crippen molar-refractivity contribution < 1.29 is 31.7 Å². The van der Waals surface area contributed by atoms with Crippen LogP contribution in [0.4, 0.5) is 0 Å². The fraction of sp³-hybridized carbons (Fsp3) is 0.0625. The minimum absolute atomic E-state index is 0.307. The van der Waals surface area contributed by atoms with Crippen LogP contribution in [0, 0.1) is 0 Å². The molecular weight excluding hydrogens is 927 g/mol. The van der Waals surface area contributed by atoms with Gasteiger partial charge in [-0.25, -0.2) is 0 Å². The van der Waals surface area contributed by atoms with Gasteiger partial charge in [-0.15, -0.1) is 0 Å². The second kappa shape index (κ2) is 23.6. The summed E-state index contributed by atoms with van der Waals surface area (Å²) >= 11 is 0. The normalized spacial score (nSPS) is 14.2. The van der Waals surface area contributed by atoms with Gasteiger partial charge in [0.1, 0.15) is 29.6 Å². The van der Waals surface area contributed by atoms with Crippen LogP contribution >= 0.6 is 0 Å². The predicted octanol–water partition coefficient (Wildman–Crippen LogP) is 15.2. The van der Waals surface area contributed by atoms with Crippen LogP contribution < -0.4 is 19.9 Å². The molecule has 9 heteroatoms. The van der Waals surface area contributed by atoms with E-state index in [4.69, 9.17) is 37.5 Å². The van der Waals surface area contributed by atoms with E-state index in [1.54, 1.807) is 0 Å². The highest BCUT2D eigenvalue weighted by Crippen LogP contribution is 2.53. The zero-order valence-corrected chi connectivity index (χ0v) is 40.7. The number of ether oxygens (including phenoxy) is 3. The number of rotatable bonds is 14. The van der Waals surface area contributed by atoms with Gasteiger partial charge < -0.3 is 19.9 Å². The Morgan fingerprint density at radius 1 is 0.411 bits per heavy atom. The first kappa shape index (κ1) is 49.4. The Kier molecular flexibility index (Phi) is 15.9. The largest absolute Gasteiger partial charge is 0.492 e. The fourth-order valence-electron chi connectivity index (χ4n) is 8.81. The molecular formula is C64H53NO7S. The number of fused-ring (bicyclic) bond motifs is 2. The highest BCUT2D eigenvalue weighted by molar-refractivity contribution is 7.79. The third-order valence-corrected chi connectivity index (χ3v) is 12.2. The Labute approximate surface area is 427 Å².